The van der Waals surface area contributed by atoms with Crippen LogP contribution >= 0.6 is 0 Å². The number of aliphatic hydroxyl groups is 1. The molecule has 0 unspecified atom stereocenters. The van der Waals surface area contributed by atoms with Crippen molar-refractivity contribution in [2.24, 2.45) is 0 Å². The Labute approximate surface area is 274 Å². The molecule has 3 aromatic rings. The Morgan fingerprint density at radius 1 is 0.739 bits per heavy atom. The lowest BCUT2D eigenvalue weighted by Gasteiger charge is -2.41. The molecular weight excluding hydrogens is 582 g/mol. The van der Waals surface area contributed by atoms with Crippen LogP contribution in [0.5, 0.6) is 11.5 Å². The Morgan fingerprint density at radius 2 is 1.26 bits per heavy atom. The van der Waals surface area contributed by atoms with E-state index in [1.165, 1.54) is 20.0 Å². The van der Waals surface area contributed by atoms with Gasteiger partial charge in [-0.1, -0.05) is 86.7 Å². The van der Waals surface area contributed by atoms with E-state index in [9.17, 15) is 9.90 Å². The van der Waals surface area contributed by atoms with E-state index in [2.05, 4.69) is 41.3 Å². The molecule has 250 valence electrons. The van der Waals surface area contributed by atoms with Crippen LogP contribution in [0.1, 0.15) is 68.1 Å². The number of benzene rings is 3. The summed E-state index contributed by atoms with van der Waals surface area (Å²) in [6.45, 7) is 2.71. The van der Waals surface area contributed by atoms with Crippen molar-refractivity contribution in [2.75, 3.05) is 54.2 Å². The smallest absolute Gasteiger partial charge is 0.305 e. The normalized spacial score (nSPS) is 17.0. The summed E-state index contributed by atoms with van der Waals surface area (Å²) >= 11 is 0. The van der Waals surface area contributed by atoms with Crippen LogP contribution in [0.25, 0.3) is 0 Å². The molecule has 1 fully saturated rings. The summed E-state index contributed by atoms with van der Waals surface area (Å²) in [6, 6.07) is 26.3. The largest absolute Gasteiger partial charge is 0.497 e. The van der Waals surface area contributed by atoms with Gasteiger partial charge >= 0.3 is 5.97 Å². The molecule has 0 aromatic heterocycles. The monoisotopic (exact) mass is 633 g/mol. The summed E-state index contributed by atoms with van der Waals surface area (Å²) in [6.07, 6.45) is 7.77. The second-order valence-corrected chi connectivity index (χ2v) is 11.9. The Balaban J connectivity index is 1.44. The molecule has 1 heterocycles. The van der Waals surface area contributed by atoms with Gasteiger partial charge in [0, 0.05) is 19.5 Å². The molecule has 0 saturated carbocycles. The lowest BCUT2D eigenvalue weighted by molar-refractivity contribution is -0.142. The van der Waals surface area contributed by atoms with Gasteiger partial charge in [0.25, 0.3) is 0 Å². The Kier molecular flexibility index (Phi) is 14.4. The third-order valence-electron chi connectivity index (χ3n) is 8.75. The molecular formula is C38H51NO7. The van der Waals surface area contributed by atoms with Gasteiger partial charge in [0.2, 0.25) is 0 Å². The van der Waals surface area contributed by atoms with Gasteiger partial charge in [-0.15, -0.1) is 0 Å². The summed E-state index contributed by atoms with van der Waals surface area (Å²) in [5.74, 6) is 1.43. The summed E-state index contributed by atoms with van der Waals surface area (Å²) in [7, 11) is 4.77. The maximum absolute atomic E-state index is 11.3. The van der Waals surface area contributed by atoms with E-state index in [1.54, 1.807) is 14.2 Å². The zero-order valence-electron chi connectivity index (χ0n) is 27.7. The number of aliphatic hydroxyl groups excluding tert-OH is 1. The second kappa shape index (κ2) is 18.6. The van der Waals surface area contributed by atoms with Crippen molar-refractivity contribution >= 4 is 5.97 Å². The Bertz CT molecular complexity index is 1240. The van der Waals surface area contributed by atoms with E-state index in [-0.39, 0.29) is 24.8 Å². The molecule has 1 saturated heterocycles. The highest BCUT2D eigenvalue weighted by Gasteiger charge is 2.39. The summed E-state index contributed by atoms with van der Waals surface area (Å²) in [5, 5.41) is 10.1. The topological polar surface area (TPSA) is 86.7 Å². The minimum absolute atomic E-state index is 0.0284. The number of unbranched alkanes of at least 4 members (excludes halogenated alkanes) is 6. The van der Waals surface area contributed by atoms with Gasteiger partial charge in [-0.05, 0) is 60.3 Å². The quantitative estimate of drug-likeness (QED) is 0.0927. The molecule has 0 bridgehead atoms. The van der Waals surface area contributed by atoms with Crippen LogP contribution in [0, 0.1) is 0 Å². The van der Waals surface area contributed by atoms with Crippen LogP contribution in [0.2, 0.25) is 0 Å². The van der Waals surface area contributed by atoms with Gasteiger partial charge in [0.05, 0.1) is 46.8 Å². The molecule has 3 aromatic carbocycles. The van der Waals surface area contributed by atoms with E-state index >= 15 is 0 Å². The minimum Gasteiger partial charge on any atom is -0.497 e. The van der Waals surface area contributed by atoms with Gasteiger partial charge < -0.3 is 28.8 Å². The highest BCUT2D eigenvalue weighted by atomic mass is 16.6. The van der Waals surface area contributed by atoms with E-state index < -0.39 is 5.60 Å². The lowest BCUT2D eigenvalue weighted by Crippen LogP contribution is -2.51. The number of hydrogen-bond acceptors (Lipinski definition) is 8. The van der Waals surface area contributed by atoms with Crippen molar-refractivity contribution in [3.63, 3.8) is 0 Å². The van der Waals surface area contributed by atoms with E-state index in [0.29, 0.717) is 19.6 Å². The van der Waals surface area contributed by atoms with E-state index in [0.717, 1.165) is 73.4 Å². The van der Waals surface area contributed by atoms with Crippen LogP contribution < -0.4 is 9.47 Å². The highest BCUT2D eigenvalue weighted by Crippen LogP contribution is 2.42. The predicted octanol–water partition coefficient (Wildman–Crippen LogP) is 6.37. The molecule has 46 heavy (non-hydrogen) atoms. The highest BCUT2D eigenvalue weighted by molar-refractivity contribution is 5.68. The number of carbonyl (C=O) groups is 1. The number of esters is 1. The second-order valence-electron chi connectivity index (χ2n) is 11.9. The zero-order chi connectivity index (χ0) is 32.6. The number of morpholine rings is 1. The number of methoxy groups -OCH3 is 3. The van der Waals surface area contributed by atoms with Crippen LogP contribution in [0.4, 0.5) is 0 Å². The average molecular weight is 634 g/mol. The van der Waals surface area contributed by atoms with Gasteiger partial charge in [-0.2, -0.15) is 0 Å². The summed E-state index contributed by atoms with van der Waals surface area (Å²) in [4.78, 5) is 13.7. The maximum Gasteiger partial charge on any atom is 0.305 e. The van der Waals surface area contributed by atoms with Gasteiger partial charge in [0.15, 0.2) is 0 Å². The fourth-order valence-electron chi connectivity index (χ4n) is 6.27. The van der Waals surface area contributed by atoms with Crippen LogP contribution in [-0.4, -0.2) is 82.4 Å². The van der Waals surface area contributed by atoms with Crippen LogP contribution in [0.15, 0.2) is 78.9 Å². The Hall–Kier alpha value is -3.43. The number of nitrogens with zero attached hydrogens (tertiary/aromatic N) is 1. The lowest BCUT2D eigenvalue weighted by atomic mass is 9.80. The molecule has 1 N–H and O–H groups in total. The van der Waals surface area contributed by atoms with Crippen molar-refractivity contribution in [3.8, 4) is 11.5 Å². The van der Waals surface area contributed by atoms with Gasteiger partial charge in [0.1, 0.15) is 17.1 Å². The summed E-state index contributed by atoms with van der Waals surface area (Å²) in [5.41, 5.74) is 2.03. The number of carbonyl (C=O) groups excluding carboxylic acids is 1. The van der Waals surface area contributed by atoms with Crippen molar-refractivity contribution in [1.29, 1.82) is 0 Å². The first kappa shape index (κ1) is 35.4. The fraction of sp³-hybridized carbons (Fsp3) is 0.500. The first-order valence-corrected chi connectivity index (χ1v) is 16.6. The maximum atomic E-state index is 11.3. The molecule has 8 heteroatoms. The van der Waals surface area contributed by atoms with Crippen molar-refractivity contribution < 1.29 is 33.6 Å². The third-order valence-corrected chi connectivity index (χ3v) is 8.75. The standard InChI is InChI=1S/C38H51NO7/c1-42-33-21-17-31(18-22-33)38(30-14-10-9-11-15-30,32-19-23-34(43-2)24-20-32)45-29-36-27-39(26-35(28-40)46-36)25-13-8-6-4-5-7-12-16-37(41)44-3/h9-11,14-15,17-24,35-36,40H,4-8,12-13,16,25-29H2,1-3H3/t35-,36-/m0/s1. The average Bonchev–Trinajstić information content (AvgIpc) is 3.11. The zero-order valence-corrected chi connectivity index (χ0v) is 27.7. The van der Waals surface area contributed by atoms with Gasteiger partial charge in [-0.25, -0.2) is 0 Å². The SMILES string of the molecule is COC(=O)CCCCCCCCCN1C[C@@H](CO)O[C@H](COC(c2ccccc2)(c2ccc(OC)cc2)c2ccc(OC)cc2)C1. The van der Waals surface area contributed by atoms with E-state index in [4.69, 9.17) is 23.7 Å². The van der Waals surface area contributed by atoms with Crippen molar-refractivity contribution in [2.45, 2.75) is 69.2 Å². The molecule has 1 aliphatic heterocycles. The number of rotatable bonds is 19. The van der Waals surface area contributed by atoms with Crippen LogP contribution in [0.3, 0.4) is 0 Å². The molecule has 0 aliphatic carbocycles. The minimum atomic E-state index is -0.920. The summed E-state index contributed by atoms with van der Waals surface area (Å²) < 4.78 is 29.1. The molecule has 4 rings (SSSR count). The third kappa shape index (κ3) is 9.79. The molecule has 1 aliphatic rings. The molecule has 0 radical (unpaired) electrons. The Morgan fingerprint density at radius 3 is 1.80 bits per heavy atom. The molecule has 8 nitrogen and oxygen atoms in total. The van der Waals surface area contributed by atoms with Gasteiger partial charge in [-0.3, -0.25) is 9.69 Å². The number of hydrogen-bond donors (Lipinski definition) is 1. The fourth-order valence-corrected chi connectivity index (χ4v) is 6.27. The predicted molar refractivity (Wildman–Crippen MR) is 179 cm³/mol. The van der Waals surface area contributed by atoms with Crippen molar-refractivity contribution in [3.05, 3.63) is 95.6 Å². The molecule has 0 spiro atoms. The molecule has 0 amide bonds. The van der Waals surface area contributed by atoms with Crippen LogP contribution in [-0.2, 0) is 24.6 Å². The first-order valence-electron chi connectivity index (χ1n) is 16.6. The van der Waals surface area contributed by atoms with E-state index in [1.807, 2.05) is 42.5 Å². The number of ether oxygens (including phenoxy) is 5. The van der Waals surface area contributed by atoms with Crippen molar-refractivity contribution in [1.82, 2.24) is 4.90 Å². The molecule has 2 atom stereocenters. The first-order chi connectivity index (χ1) is 22.5.